The van der Waals surface area contributed by atoms with Crippen LogP contribution in [0, 0.1) is 6.92 Å². The number of hydrazone groups is 1. The van der Waals surface area contributed by atoms with Gasteiger partial charge in [0.1, 0.15) is 5.75 Å². The van der Waals surface area contributed by atoms with Crippen molar-refractivity contribution in [1.29, 1.82) is 0 Å². The van der Waals surface area contributed by atoms with Gasteiger partial charge < -0.3 is 5.11 Å². The molecule has 2 N–H and O–H groups in total. The van der Waals surface area contributed by atoms with Gasteiger partial charge in [-0.3, -0.25) is 5.43 Å². The van der Waals surface area contributed by atoms with Crippen molar-refractivity contribution < 1.29 is 5.11 Å². The van der Waals surface area contributed by atoms with E-state index in [1.165, 1.54) is 11.1 Å². The van der Waals surface area contributed by atoms with Gasteiger partial charge >= 0.3 is 0 Å². The monoisotopic (exact) mass is 330 g/mol. The Morgan fingerprint density at radius 1 is 0.960 bits per heavy atom. The summed E-state index contributed by atoms with van der Waals surface area (Å²) in [7, 11) is 0. The van der Waals surface area contributed by atoms with Crippen LogP contribution in [0.5, 0.6) is 5.75 Å². The molecular formula is C20H18N4O. The number of aryl methyl sites for hydroxylation is 2. The minimum Gasteiger partial charge on any atom is -0.507 e. The highest BCUT2D eigenvalue weighted by Crippen LogP contribution is 2.27. The molecule has 0 aliphatic heterocycles. The topological polar surface area (TPSA) is 70.4 Å². The maximum atomic E-state index is 10.0. The summed E-state index contributed by atoms with van der Waals surface area (Å²) in [6.07, 6.45) is 1.94. The number of fused-ring (bicyclic) bond motifs is 1. The molecule has 0 saturated heterocycles. The molecule has 5 heteroatoms. The minimum atomic E-state index is 0.162. The molecular weight excluding hydrogens is 312 g/mol. The Morgan fingerprint density at radius 2 is 1.72 bits per heavy atom. The first-order valence-corrected chi connectivity index (χ1v) is 8.25. The molecule has 3 aromatic rings. The van der Waals surface area contributed by atoms with Crippen LogP contribution in [0.4, 0.5) is 5.82 Å². The van der Waals surface area contributed by atoms with Gasteiger partial charge in [-0.1, -0.05) is 36.4 Å². The molecule has 0 fully saturated rings. The SMILES string of the molecule is Cc1cc(NN=C2CCc3ccccc32)nc(-c2ccccc2O)n1. The number of benzene rings is 2. The summed E-state index contributed by atoms with van der Waals surface area (Å²) in [5, 5.41) is 14.6. The van der Waals surface area contributed by atoms with Crippen LogP contribution in [0.2, 0.25) is 0 Å². The smallest absolute Gasteiger partial charge is 0.165 e. The fourth-order valence-corrected chi connectivity index (χ4v) is 3.06. The molecule has 0 radical (unpaired) electrons. The fraction of sp³-hybridized carbons (Fsp3) is 0.150. The largest absolute Gasteiger partial charge is 0.507 e. The molecule has 0 unspecified atom stereocenters. The van der Waals surface area contributed by atoms with Gasteiger partial charge in [0.2, 0.25) is 0 Å². The number of phenols is 1. The number of anilines is 1. The summed E-state index contributed by atoms with van der Waals surface area (Å²) in [6.45, 7) is 1.90. The second kappa shape index (κ2) is 6.36. The first kappa shape index (κ1) is 15.3. The Balaban J connectivity index is 1.64. The molecule has 0 spiro atoms. The Morgan fingerprint density at radius 3 is 2.56 bits per heavy atom. The van der Waals surface area contributed by atoms with E-state index in [4.69, 9.17) is 0 Å². The van der Waals surface area contributed by atoms with Crippen molar-refractivity contribution in [1.82, 2.24) is 9.97 Å². The van der Waals surface area contributed by atoms with Crippen molar-refractivity contribution in [3.05, 3.63) is 71.4 Å². The molecule has 1 aliphatic carbocycles. The molecule has 0 amide bonds. The highest BCUT2D eigenvalue weighted by atomic mass is 16.3. The lowest BCUT2D eigenvalue weighted by Gasteiger charge is -2.08. The van der Waals surface area contributed by atoms with E-state index in [0.717, 1.165) is 24.2 Å². The second-order valence-corrected chi connectivity index (χ2v) is 6.06. The lowest BCUT2D eigenvalue weighted by Crippen LogP contribution is -2.03. The molecule has 1 aromatic heterocycles. The average molecular weight is 330 g/mol. The molecule has 25 heavy (non-hydrogen) atoms. The molecule has 2 aromatic carbocycles. The van der Waals surface area contributed by atoms with Crippen molar-refractivity contribution in [3.8, 4) is 17.1 Å². The van der Waals surface area contributed by atoms with Crippen LogP contribution in [0.25, 0.3) is 11.4 Å². The van der Waals surface area contributed by atoms with Crippen molar-refractivity contribution in [2.45, 2.75) is 19.8 Å². The maximum Gasteiger partial charge on any atom is 0.165 e. The summed E-state index contributed by atoms with van der Waals surface area (Å²) in [4.78, 5) is 8.91. The number of para-hydroxylation sites is 1. The summed E-state index contributed by atoms with van der Waals surface area (Å²) in [5.74, 6) is 1.25. The molecule has 124 valence electrons. The van der Waals surface area contributed by atoms with Crippen LogP contribution in [0.3, 0.4) is 0 Å². The number of aromatic hydroxyl groups is 1. The summed E-state index contributed by atoms with van der Waals surface area (Å²) < 4.78 is 0. The molecule has 4 rings (SSSR count). The third-order valence-electron chi connectivity index (χ3n) is 4.26. The number of nitrogens with one attached hydrogen (secondary N) is 1. The predicted molar refractivity (Wildman–Crippen MR) is 98.8 cm³/mol. The number of phenolic OH excluding ortho intramolecular Hbond substituents is 1. The van der Waals surface area contributed by atoms with Gasteiger partial charge in [0.15, 0.2) is 11.6 Å². The standard InChI is InChI=1S/C20H18N4O/c1-13-12-19(22-20(21-13)16-8-4-5-9-18(16)25)24-23-17-11-10-14-6-2-3-7-15(14)17/h2-9,12,25H,10-11H2,1H3,(H,21,22,24). The van der Waals surface area contributed by atoms with Gasteiger partial charge in [0.25, 0.3) is 0 Å². The molecule has 0 atom stereocenters. The van der Waals surface area contributed by atoms with Crippen molar-refractivity contribution >= 4 is 11.5 Å². The summed E-state index contributed by atoms with van der Waals surface area (Å²) in [6, 6.07) is 17.2. The third-order valence-corrected chi connectivity index (χ3v) is 4.26. The quantitative estimate of drug-likeness (QED) is 0.714. The number of aromatic nitrogens is 2. The van der Waals surface area contributed by atoms with Gasteiger partial charge in [0.05, 0.1) is 11.3 Å². The van der Waals surface area contributed by atoms with Crippen LogP contribution >= 0.6 is 0 Å². The molecule has 0 saturated carbocycles. The van der Waals surface area contributed by atoms with E-state index >= 15 is 0 Å². The second-order valence-electron chi connectivity index (χ2n) is 6.06. The molecule has 1 heterocycles. The van der Waals surface area contributed by atoms with Gasteiger partial charge in [-0.2, -0.15) is 5.10 Å². The molecule has 1 aliphatic rings. The number of hydrogen-bond acceptors (Lipinski definition) is 5. The van der Waals surface area contributed by atoms with E-state index in [0.29, 0.717) is 17.2 Å². The van der Waals surface area contributed by atoms with E-state index in [1.54, 1.807) is 18.2 Å². The first-order chi connectivity index (χ1) is 12.2. The van der Waals surface area contributed by atoms with Crippen LogP contribution in [-0.4, -0.2) is 20.8 Å². The maximum absolute atomic E-state index is 10.0. The van der Waals surface area contributed by atoms with Gasteiger partial charge in [-0.25, -0.2) is 9.97 Å². The zero-order chi connectivity index (χ0) is 17.2. The fourth-order valence-electron chi connectivity index (χ4n) is 3.06. The van der Waals surface area contributed by atoms with Crippen molar-refractivity contribution in [2.24, 2.45) is 5.10 Å². The van der Waals surface area contributed by atoms with E-state index in [-0.39, 0.29) is 5.75 Å². The zero-order valence-corrected chi connectivity index (χ0v) is 13.9. The lowest BCUT2D eigenvalue weighted by molar-refractivity contribution is 0.477. The normalized spacial score (nSPS) is 14.5. The number of nitrogens with zero attached hydrogens (tertiary/aromatic N) is 3. The predicted octanol–water partition coefficient (Wildman–Crippen LogP) is 3.92. The van der Waals surface area contributed by atoms with Gasteiger partial charge in [-0.15, -0.1) is 0 Å². The van der Waals surface area contributed by atoms with Gasteiger partial charge in [0, 0.05) is 17.3 Å². The minimum absolute atomic E-state index is 0.162. The number of hydrogen-bond donors (Lipinski definition) is 2. The average Bonchev–Trinajstić information content (AvgIpc) is 3.03. The Hall–Kier alpha value is -3.21. The highest BCUT2D eigenvalue weighted by molar-refractivity contribution is 6.04. The highest BCUT2D eigenvalue weighted by Gasteiger charge is 2.17. The molecule has 0 bridgehead atoms. The number of rotatable bonds is 3. The summed E-state index contributed by atoms with van der Waals surface area (Å²) in [5.41, 5.74) is 8.03. The van der Waals surface area contributed by atoms with Crippen LogP contribution < -0.4 is 5.43 Å². The van der Waals surface area contributed by atoms with E-state index in [1.807, 2.05) is 25.1 Å². The lowest BCUT2D eigenvalue weighted by atomic mass is 10.1. The van der Waals surface area contributed by atoms with E-state index < -0.39 is 0 Å². The van der Waals surface area contributed by atoms with E-state index in [2.05, 4.69) is 38.7 Å². The van der Waals surface area contributed by atoms with Gasteiger partial charge in [-0.05, 0) is 37.5 Å². The molecule has 5 nitrogen and oxygen atoms in total. The van der Waals surface area contributed by atoms with Crippen LogP contribution in [0.1, 0.15) is 23.2 Å². The Bertz CT molecular complexity index is 965. The van der Waals surface area contributed by atoms with Crippen LogP contribution in [0.15, 0.2) is 59.7 Å². The van der Waals surface area contributed by atoms with E-state index in [9.17, 15) is 5.11 Å². The van der Waals surface area contributed by atoms with Crippen molar-refractivity contribution in [2.75, 3.05) is 5.43 Å². The Labute approximate surface area is 146 Å². The first-order valence-electron chi connectivity index (χ1n) is 8.25. The summed E-state index contributed by atoms with van der Waals surface area (Å²) >= 11 is 0. The third kappa shape index (κ3) is 3.08. The zero-order valence-electron chi connectivity index (χ0n) is 13.9. The van der Waals surface area contributed by atoms with Crippen molar-refractivity contribution in [3.63, 3.8) is 0 Å². The Kier molecular flexibility index (Phi) is 3.90. The van der Waals surface area contributed by atoms with Crippen LogP contribution in [-0.2, 0) is 6.42 Å².